The summed E-state index contributed by atoms with van der Waals surface area (Å²) in [5, 5.41) is 2.93. The van der Waals surface area contributed by atoms with Crippen LogP contribution in [0.5, 0.6) is 0 Å². The molecule has 7 heteroatoms. The molecule has 0 aliphatic carbocycles. The van der Waals surface area contributed by atoms with Gasteiger partial charge in [0.15, 0.2) is 0 Å². The van der Waals surface area contributed by atoms with Crippen LogP contribution in [0, 0.1) is 5.92 Å². The van der Waals surface area contributed by atoms with Gasteiger partial charge in [0.25, 0.3) is 0 Å². The molecular weight excluding hydrogens is 290 g/mol. The van der Waals surface area contributed by atoms with Gasteiger partial charge in [-0.2, -0.15) is 0 Å². The van der Waals surface area contributed by atoms with Crippen molar-refractivity contribution in [2.45, 2.75) is 44.7 Å². The number of hydrogen-bond acceptors (Lipinski definition) is 4. The van der Waals surface area contributed by atoms with Gasteiger partial charge in [-0.15, -0.1) is 0 Å². The minimum absolute atomic E-state index is 0.0590. The summed E-state index contributed by atoms with van der Waals surface area (Å²) in [6.07, 6.45) is 0. The lowest BCUT2D eigenvalue weighted by atomic mass is 10.0. The predicted molar refractivity (Wildman–Crippen MR) is 83.3 cm³/mol. The van der Waals surface area contributed by atoms with E-state index in [9.17, 15) is 13.2 Å². The zero-order valence-corrected chi connectivity index (χ0v) is 13.6. The highest BCUT2D eigenvalue weighted by Crippen LogP contribution is 2.23. The van der Waals surface area contributed by atoms with E-state index in [2.05, 4.69) is 10.0 Å². The first kappa shape index (κ1) is 17.5. The Hall–Kier alpha value is -1.60. The average Bonchev–Trinajstić information content (AvgIpc) is 2.34. The Morgan fingerprint density at radius 1 is 1.14 bits per heavy atom. The first-order valence-corrected chi connectivity index (χ1v) is 8.30. The van der Waals surface area contributed by atoms with E-state index in [4.69, 9.17) is 5.73 Å². The summed E-state index contributed by atoms with van der Waals surface area (Å²) >= 11 is 0. The molecule has 6 nitrogen and oxygen atoms in total. The van der Waals surface area contributed by atoms with Gasteiger partial charge in [0.05, 0.1) is 5.69 Å². The Morgan fingerprint density at radius 2 is 1.71 bits per heavy atom. The molecule has 0 saturated heterocycles. The summed E-state index contributed by atoms with van der Waals surface area (Å²) in [6, 6.07) is 5.59. The highest BCUT2D eigenvalue weighted by Gasteiger charge is 2.24. The molecule has 118 valence electrons. The number of nitrogens with two attached hydrogens (primary N) is 1. The van der Waals surface area contributed by atoms with E-state index in [1.54, 1.807) is 32.0 Å². The average molecular weight is 313 g/mol. The first-order valence-electron chi connectivity index (χ1n) is 6.82. The topological polar surface area (TPSA) is 101 Å². The Morgan fingerprint density at radius 3 is 2.19 bits per heavy atom. The summed E-state index contributed by atoms with van der Waals surface area (Å²) in [5.41, 5.74) is 5.72. The zero-order chi connectivity index (χ0) is 16.2. The number of amides is 1. The molecule has 1 rings (SSSR count). The van der Waals surface area contributed by atoms with Gasteiger partial charge in [-0.3, -0.25) is 4.79 Å². The molecule has 1 atom stereocenters. The molecule has 0 aliphatic rings. The van der Waals surface area contributed by atoms with Crippen LogP contribution in [0.2, 0.25) is 0 Å². The smallest absolute Gasteiger partial charge is 0.242 e. The second-order valence-electron chi connectivity index (χ2n) is 5.54. The van der Waals surface area contributed by atoms with Crippen LogP contribution in [0.25, 0.3) is 0 Å². The largest absolute Gasteiger partial charge is 0.372 e. The normalized spacial score (nSPS) is 13.4. The first-order chi connectivity index (χ1) is 9.65. The molecule has 0 fully saturated rings. The minimum atomic E-state index is -3.65. The highest BCUT2D eigenvalue weighted by molar-refractivity contribution is 7.89. The van der Waals surface area contributed by atoms with Gasteiger partial charge in [-0.05, 0) is 31.9 Å². The molecule has 0 aliphatic heterocycles. The molecular formula is C14H23N3O3S. The molecule has 21 heavy (non-hydrogen) atoms. The van der Waals surface area contributed by atoms with Gasteiger partial charge in [0, 0.05) is 6.04 Å². The van der Waals surface area contributed by atoms with E-state index in [0.29, 0.717) is 5.69 Å². The highest BCUT2D eigenvalue weighted by atomic mass is 32.2. The number of primary amides is 1. The van der Waals surface area contributed by atoms with Crippen molar-refractivity contribution in [1.82, 2.24) is 4.72 Å². The number of carbonyl (C=O) groups is 1. The molecule has 0 aromatic heterocycles. The lowest BCUT2D eigenvalue weighted by Gasteiger charge is -2.22. The number of hydrogen-bond donors (Lipinski definition) is 3. The maximum absolute atomic E-state index is 12.3. The van der Waals surface area contributed by atoms with E-state index in [-0.39, 0.29) is 16.9 Å². The van der Waals surface area contributed by atoms with Gasteiger partial charge in [0.2, 0.25) is 15.9 Å². The van der Waals surface area contributed by atoms with Crippen molar-refractivity contribution in [3.8, 4) is 0 Å². The number of nitrogens with one attached hydrogen (secondary N) is 2. The molecule has 4 N–H and O–H groups in total. The van der Waals surface area contributed by atoms with Crippen molar-refractivity contribution in [2.24, 2.45) is 11.7 Å². The van der Waals surface area contributed by atoms with Gasteiger partial charge < -0.3 is 11.1 Å². The Labute approximate surface area is 126 Å². The van der Waals surface area contributed by atoms with Crippen molar-refractivity contribution in [3.63, 3.8) is 0 Å². The Bertz CT molecular complexity index is 597. The maximum Gasteiger partial charge on any atom is 0.242 e. The molecule has 0 radical (unpaired) electrons. The Kier molecular flexibility index (Phi) is 5.74. The van der Waals surface area contributed by atoms with Crippen LogP contribution in [0.3, 0.4) is 0 Å². The van der Waals surface area contributed by atoms with Crippen molar-refractivity contribution in [3.05, 3.63) is 24.3 Å². The summed E-state index contributed by atoms with van der Waals surface area (Å²) < 4.78 is 27.2. The van der Waals surface area contributed by atoms with Crippen LogP contribution in [0.15, 0.2) is 29.2 Å². The summed E-state index contributed by atoms with van der Waals surface area (Å²) in [6.45, 7) is 7.17. The summed E-state index contributed by atoms with van der Waals surface area (Å²) in [5.74, 6) is -0.578. The zero-order valence-electron chi connectivity index (χ0n) is 12.8. The lowest BCUT2D eigenvalue weighted by molar-refractivity contribution is -0.119. The molecule has 1 unspecified atom stereocenters. The van der Waals surface area contributed by atoms with E-state index in [0.717, 1.165) is 0 Å². The molecule has 1 aromatic carbocycles. The Balaban J connectivity index is 3.19. The van der Waals surface area contributed by atoms with Crippen LogP contribution < -0.4 is 15.8 Å². The van der Waals surface area contributed by atoms with Gasteiger partial charge >= 0.3 is 0 Å². The third kappa shape index (κ3) is 4.71. The monoisotopic (exact) mass is 313 g/mol. The van der Waals surface area contributed by atoms with Gasteiger partial charge in [-0.25, -0.2) is 13.1 Å². The van der Waals surface area contributed by atoms with Crippen LogP contribution in [0.4, 0.5) is 5.69 Å². The van der Waals surface area contributed by atoms with E-state index in [1.807, 2.05) is 13.8 Å². The van der Waals surface area contributed by atoms with E-state index < -0.39 is 22.0 Å². The van der Waals surface area contributed by atoms with Crippen LogP contribution >= 0.6 is 0 Å². The summed E-state index contributed by atoms with van der Waals surface area (Å²) in [7, 11) is -3.65. The molecule has 0 spiro atoms. The van der Waals surface area contributed by atoms with Crippen molar-refractivity contribution >= 4 is 21.6 Å². The van der Waals surface area contributed by atoms with Crippen molar-refractivity contribution in [2.75, 3.05) is 5.32 Å². The fourth-order valence-electron chi connectivity index (χ4n) is 1.93. The summed E-state index contributed by atoms with van der Waals surface area (Å²) in [4.78, 5) is 11.6. The fourth-order valence-corrected chi connectivity index (χ4v) is 3.35. The SMILES string of the molecule is CC(C)NS(=O)(=O)c1ccccc1NC(C(N)=O)C(C)C. The van der Waals surface area contributed by atoms with Gasteiger partial charge in [-0.1, -0.05) is 26.0 Å². The quantitative estimate of drug-likeness (QED) is 0.706. The molecule has 1 amide bonds. The second-order valence-corrected chi connectivity index (χ2v) is 7.22. The third-order valence-corrected chi connectivity index (χ3v) is 4.57. The number of benzene rings is 1. The third-order valence-electron chi connectivity index (χ3n) is 2.85. The molecule has 0 heterocycles. The predicted octanol–water partition coefficient (Wildman–Crippen LogP) is 1.30. The number of rotatable bonds is 7. The number of sulfonamides is 1. The van der Waals surface area contributed by atoms with E-state index >= 15 is 0 Å². The standard InChI is InChI=1S/C14H23N3O3S/c1-9(2)13(14(15)18)16-11-7-5-6-8-12(11)21(19,20)17-10(3)4/h5-10,13,16-17H,1-4H3,(H2,15,18). The molecule has 0 saturated carbocycles. The van der Waals surface area contributed by atoms with Crippen LogP contribution in [-0.4, -0.2) is 26.4 Å². The number of para-hydroxylation sites is 1. The van der Waals surface area contributed by atoms with Crippen LogP contribution in [0.1, 0.15) is 27.7 Å². The minimum Gasteiger partial charge on any atom is -0.372 e. The number of carbonyl (C=O) groups excluding carboxylic acids is 1. The maximum atomic E-state index is 12.3. The van der Waals surface area contributed by atoms with Crippen LogP contribution in [-0.2, 0) is 14.8 Å². The lowest BCUT2D eigenvalue weighted by Crippen LogP contribution is -2.40. The fraction of sp³-hybridized carbons (Fsp3) is 0.500. The van der Waals surface area contributed by atoms with Crippen molar-refractivity contribution < 1.29 is 13.2 Å². The van der Waals surface area contributed by atoms with E-state index in [1.165, 1.54) is 6.07 Å². The molecule has 0 bridgehead atoms. The van der Waals surface area contributed by atoms with Gasteiger partial charge in [0.1, 0.15) is 10.9 Å². The van der Waals surface area contributed by atoms with Crippen molar-refractivity contribution in [1.29, 1.82) is 0 Å². The molecule has 1 aromatic rings. The number of anilines is 1. The second kappa shape index (κ2) is 6.91.